The van der Waals surface area contributed by atoms with Crippen LogP contribution in [0.2, 0.25) is 0 Å². The zero-order valence-electron chi connectivity index (χ0n) is 13.9. The second-order valence-electron chi connectivity index (χ2n) is 5.84. The number of hydrogen-bond acceptors (Lipinski definition) is 4. The highest BCUT2D eigenvalue weighted by Crippen LogP contribution is 2.22. The second-order valence-corrected chi connectivity index (χ2v) is 5.84. The maximum Gasteiger partial charge on any atom is 0.254 e. The van der Waals surface area contributed by atoms with Crippen molar-refractivity contribution in [2.75, 3.05) is 13.7 Å². The molecule has 1 heterocycles. The van der Waals surface area contributed by atoms with Crippen LogP contribution < -0.4 is 5.73 Å². The van der Waals surface area contributed by atoms with Crippen molar-refractivity contribution in [2.24, 2.45) is 10.9 Å². The van der Waals surface area contributed by atoms with Crippen LogP contribution in [0.4, 0.5) is 0 Å². The first-order valence-electron chi connectivity index (χ1n) is 7.95. The predicted octanol–water partition coefficient (Wildman–Crippen LogP) is 2.06. The van der Waals surface area contributed by atoms with Gasteiger partial charge in [0, 0.05) is 12.0 Å². The van der Waals surface area contributed by atoms with Gasteiger partial charge in [-0.05, 0) is 23.3 Å². The van der Waals surface area contributed by atoms with Crippen molar-refractivity contribution in [1.82, 2.24) is 4.90 Å². The fourth-order valence-electron chi connectivity index (χ4n) is 2.97. The molecule has 0 saturated carbocycles. The van der Waals surface area contributed by atoms with Gasteiger partial charge in [-0.1, -0.05) is 47.6 Å². The van der Waals surface area contributed by atoms with Crippen LogP contribution in [-0.2, 0) is 9.63 Å². The zero-order chi connectivity index (χ0) is 17.8. The van der Waals surface area contributed by atoms with E-state index in [9.17, 15) is 9.59 Å². The summed E-state index contributed by atoms with van der Waals surface area (Å²) < 4.78 is 0. The number of benzene rings is 2. The van der Waals surface area contributed by atoms with Crippen molar-refractivity contribution >= 4 is 17.5 Å². The lowest BCUT2D eigenvalue weighted by Crippen LogP contribution is -2.43. The monoisotopic (exact) mass is 337 g/mol. The number of nitrogens with two attached hydrogens (primary N) is 1. The minimum atomic E-state index is -0.699. The first-order chi connectivity index (χ1) is 12.1. The Labute approximate surface area is 145 Å². The standard InChI is InChI=1S/C19H19N3O3/c1-25-21-16-11-17(18(20)23)22(12-16)19(24)15-9-7-14(8-10-15)13-5-3-2-4-6-13/h2-10,17H,11-12H2,1H3,(H2,20,23). The third-order valence-corrected chi connectivity index (χ3v) is 4.21. The molecule has 2 amide bonds. The van der Waals surface area contributed by atoms with E-state index < -0.39 is 11.9 Å². The molecule has 1 fully saturated rings. The molecule has 0 radical (unpaired) electrons. The van der Waals surface area contributed by atoms with Crippen molar-refractivity contribution in [3.8, 4) is 11.1 Å². The maximum absolute atomic E-state index is 12.8. The zero-order valence-corrected chi connectivity index (χ0v) is 13.9. The van der Waals surface area contributed by atoms with Gasteiger partial charge in [-0.2, -0.15) is 0 Å². The van der Waals surface area contributed by atoms with Crippen LogP contribution >= 0.6 is 0 Å². The molecule has 1 aliphatic heterocycles. The van der Waals surface area contributed by atoms with Crippen LogP contribution in [0.5, 0.6) is 0 Å². The summed E-state index contributed by atoms with van der Waals surface area (Å²) in [5.41, 5.74) is 8.66. The number of carbonyl (C=O) groups is 2. The molecule has 1 aliphatic rings. The third-order valence-electron chi connectivity index (χ3n) is 4.21. The number of nitrogens with zero attached hydrogens (tertiary/aromatic N) is 2. The van der Waals surface area contributed by atoms with Gasteiger partial charge in [0.25, 0.3) is 5.91 Å². The highest BCUT2D eigenvalue weighted by atomic mass is 16.6. The minimum Gasteiger partial charge on any atom is -0.399 e. The van der Waals surface area contributed by atoms with E-state index in [4.69, 9.17) is 10.6 Å². The summed E-state index contributed by atoms with van der Waals surface area (Å²) in [4.78, 5) is 30.6. The lowest BCUT2D eigenvalue weighted by molar-refractivity contribution is -0.121. The average Bonchev–Trinajstić information content (AvgIpc) is 3.07. The number of amides is 2. The fourth-order valence-corrected chi connectivity index (χ4v) is 2.97. The molecule has 2 aromatic carbocycles. The Bertz CT molecular complexity index is 800. The molecule has 6 heteroatoms. The molecule has 1 atom stereocenters. The summed E-state index contributed by atoms with van der Waals surface area (Å²) in [7, 11) is 1.43. The van der Waals surface area contributed by atoms with Crippen LogP contribution in [0.25, 0.3) is 11.1 Å². The summed E-state index contributed by atoms with van der Waals surface area (Å²) in [6.07, 6.45) is 0.303. The molecule has 3 rings (SSSR count). The van der Waals surface area contributed by atoms with E-state index >= 15 is 0 Å². The van der Waals surface area contributed by atoms with E-state index in [1.165, 1.54) is 12.0 Å². The molecule has 6 nitrogen and oxygen atoms in total. The van der Waals surface area contributed by atoms with Crippen LogP contribution in [0, 0.1) is 0 Å². The van der Waals surface area contributed by atoms with Crippen LogP contribution in [-0.4, -0.2) is 42.1 Å². The van der Waals surface area contributed by atoms with Gasteiger partial charge in [0.15, 0.2) is 0 Å². The van der Waals surface area contributed by atoms with Gasteiger partial charge >= 0.3 is 0 Å². The van der Waals surface area contributed by atoms with Crippen LogP contribution in [0.3, 0.4) is 0 Å². The third kappa shape index (κ3) is 3.52. The lowest BCUT2D eigenvalue weighted by atomic mass is 10.0. The Balaban J connectivity index is 1.82. The number of carbonyl (C=O) groups excluding carboxylic acids is 2. The molecule has 2 N–H and O–H groups in total. The number of oxime groups is 1. The number of primary amides is 1. The average molecular weight is 337 g/mol. The fraction of sp³-hybridized carbons (Fsp3) is 0.211. The first kappa shape index (κ1) is 16.7. The topological polar surface area (TPSA) is 85.0 Å². The van der Waals surface area contributed by atoms with Gasteiger partial charge in [-0.3, -0.25) is 9.59 Å². The summed E-state index contributed by atoms with van der Waals surface area (Å²) >= 11 is 0. The maximum atomic E-state index is 12.8. The van der Waals surface area contributed by atoms with E-state index in [1.54, 1.807) is 12.1 Å². The van der Waals surface area contributed by atoms with E-state index in [-0.39, 0.29) is 12.5 Å². The minimum absolute atomic E-state index is 0.237. The van der Waals surface area contributed by atoms with Crippen LogP contribution in [0.15, 0.2) is 59.8 Å². The number of hydrogen-bond donors (Lipinski definition) is 1. The summed E-state index contributed by atoms with van der Waals surface area (Å²) in [6, 6.07) is 16.5. The second kappa shape index (κ2) is 7.17. The van der Waals surface area contributed by atoms with Gasteiger partial charge in [0.1, 0.15) is 13.2 Å². The van der Waals surface area contributed by atoms with Crippen molar-refractivity contribution in [3.63, 3.8) is 0 Å². The van der Waals surface area contributed by atoms with Gasteiger partial charge < -0.3 is 15.5 Å². The largest absolute Gasteiger partial charge is 0.399 e. The van der Waals surface area contributed by atoms with Crippen molar-refractivity contribution < 1.29 is 14.4 Å². The Morgan fingerprint density at radius 3 is 2.32 bits per heavy atom. The van der Waals surface area contributed by atoms with Gasteiger partial charge in [0.05, 0.1) is 12.3 Å². The van der Waals surface area contributed by atoms with E-state index in [0.717, 1.165) is 11.1 Å². The Morgan fingerprint density at radius 2 is 1.72 bits per heavy atom. The molecule has 1 saturated heterocycles. The SMILES string of the molecule is CON=C1CC(C(N)=O)N(C(=O)c2ccc(-c3ccccc3)cc2)C1. The summed E-state index contributed by atoms with van der Waals surface area (Å²) in [5.74, 6) is -0.791. The van der Waals surface area contributed by atoms with E-state index in [1.807, 2.05) is 42.5 Å². The Kier molecular flexibility index (Phi) is 4.79. The smallest absolute Gasteiger partial charge is 0.254 e. The molecular weight excluding hydrogens is 318 g/mol. The van der Waals surface area contributed by atoms with E-state index in [2.05, 4.69) is 5.16 Å². The summed E-state index contributed by atoms with van der Waals surface area (Å²) in [6.45, 7) is 0.237. The lowest BCUT2D eigenvalue weighted by Gasteiger charge is -2.21. The quantitative estimate of drug-likeness (QED) is 0.867. The first-order valence-corrected chi connectivity index (χ1v) is 7.95. The predicted molar refractivity (Wildman–Crippen MR) is 95.0 cm³/mol. The molecule has 25 heavy (non-hydrogen) atoms. The normalized spacial score (nSPS) is 18.4. The van der Waals surface area contributed by atoms with Crippen LogP contribution in [0.1, 0.15) is 16.8 Å². The highest BCUT2D eigenvalue weighted by Gasteiger charge is 2.37. The number of rotatable bonds is 4. The van der Waals surface area contributed by atoms with Crippen molar-refractivity contribution in [1.29, 1.82) is 0 Å². The molecule has 2 aromatic rings. The van der Waals surface area contributed by atoms with Gasteiger partial charge in [0.2, 0.25) is 5.91 Å². The Morgan fingerprint density at radius 1 is 1.08 bits per heavy atom. The summed E-state index contributed by atoms with van der Waals surface area (Å²) in [5, 5.41) is 3.85. The molecule has 0 aromatic heterocycles. The Hall–Kier alpha value is -3.15. The number of likely N-dealkylation sites (tertiary alicyclic amines) is 1. The highest BCUT2D eigenvalue weighted by molar-refractivity contribution is 6.05. The van der Waals surface area contributed by atoms with E-state index in [0.29, 0.717) is 17.7 Å². The van der Waals surface area contributed by atoms with Crippen molar-refractivity contribution in [2.45, 2.75) is 12.5 Å². The molecule has 1 unspecified atom stereocenters. The molecule has 0 aliphatic carbocycles. The van der Waals surface area contributed by atoms with Crippen molar-refractivity contribution in [3.05, 3.63) is 60.2 Å². The molecular formula is C19H19N3O3. The van der Waals surface area contributed by atoms with Gasteiger partial charge in [-0.25, -0.2) is 0 Å². The van der Waals surface area contributed by atoms with Gasteiger partial charge in [-0.15, -0.1) is 0 Å². The molecule has 0 spiro atoms. The molecule has 0 bridgehead atoms. The molecule has 128 valence electrons.